The van der Waals surface area contributed by atoms with E-state index >= 15 is 0 Å². The first-order valence-corrected chi connectivity index (χ1v) is 16.6. The zero-order valence-corrected chi connectivity index (χ0v) is 24.7. The molecule has 1 nitrogen and oxygen atoms in total. The summed E-state index contributed by atoms with van der Waals surface area (Å²) in [5.74, 6) is 0.894. The third kappa shape index (κ3) is 29.8. The van der Waals surface area contributed by atoms with Gasteiger partial charge in [0.1, 0.15) is 0 Å². The maximum Gasteiger partial charge on any atom is 0.0431 e. The first kappa shape index (κ1) is 34.7. The van der Waals surface area contributed by atoms with Crippen LogP contribution in [0.5, 0.6) is 0 Å². The minimum atomic E-state index is 0.368. The van der Waals surface area contributed by atoms with E-state index in [4.69, 9.17) is 5.11 Å². The summed E-state index contributed by atoms with van der Waals surface area (Å²) in [7, 11) is 0. The van der Waals surface area contributed by atoms with E-state index in [2.05, 4.69) is 26.0 Å². The largest absolute Gasteiger partial charge is 0.396 e. The fourth-order valence-corrected chi connectivity index (χ4v) is 5.41. The Kier molecular flexibility index (Phi) is 31.5. The van der Waals surface area contributed by atoms with Gasteiger partial charge in [-0.3, -0.25) is 0 Å². The summed E-state index contributed by atoms with van der Waals surface area (Å²) >= 11 is 0. The number of unbranched alkanes of at least 4 members (excludes halogenated alkanes) is 21. The van der Waals surface area contributed by atoms with Gasteiger partial charge in [0.05, 0.1) is 0 Å². The molecule has 0 aliphatic heterocycles. The van der Waals surface area contributed by atoms with Gasteiger partial charge in [0, 0.05) is 6.61 Å². The average Bonchev–Trinajstić information content (AvgIpc) is 2.87. The van der Waals surface area contributed by atoms with E-state index in [9.17, 15) is 0 Å². The fourth-order valence-electron chi connectivity index (χ4n) is 5.41. The second-order valence-corrected chi connectivity index (χ2v) is 11.4. The summed E-state index contributed by atoms with van der Waals surface area (Å²) < 4.78 is 0. The summed E-state index contributed by atoms with van der Waals surface area (Å²) in [5, 5.41) is 9.16. The molecule has 0 aliphatic carbocycles. The van der Waals surface area contributed by atoms with Crippen molar-refractivity contribution in [2.75, 3.05) is 6.61 Å². The molecule has 0 aliphatic rings. The molecular formula is C34H68O. The lowest BCUT2D eigenvalue weighted by Gasteiger charge is -2.16. The Morgan fingerprint density at radius 1 is 0.400 bits per heavy atom. The molecule has 0 radical (unpaired) electrons. The van der Waals surface area contributed by atoms with Crippen LogP contribution >= 0.6 is 0 Å². The summed E-state index contributed by atoms with van der Waals surface area (Å²) in [5.41, 5.74) is 0. The quantitative estimate of drug-likeness (QED) is 0.0780. The molecule has 1 heteroatoms. The predicted octanol–water partition coefficient (Wildman–Crippen LogP) is 12.1. The van der Waals surface area contributed by atoms with Crippen LogP contribution in [0.1, 0.15) is 194 Å². The monoisotopic (exact) mass is 493 g/mol. The van der Waals surface area contributed by atoms with Crippen LogP contribution in [-0.4, -0.2) is 11.7 Å². The Balaban J connectivity index is 3.63. The third-order valence-corrected chi connectivity index (χ3v) is 7.86. The number of hydrogen-bond donors (Lipinski definition) is 1. The van der Waals surface area contributed by atoms with E-state index in [1.807, 2.05) is 0 Å². The predicted molar refractivity (Wildman–Crippen MR) is 160 cm³/mol. The second kappa shape index (κ2) is 31.7. The van der Waals surface area contributed by atoms with Crippen LogP contribution in [0.2, 0.25) is 0 Å². The van der Waals surface area contributed by atoms with Gasteiger partial charge in [0.2, 0.25) is 0 Å². The normalized spacial score (nSPS) is 12.7. The molecule has 0 bridgehead atoms. The molecule has 210 valence electrons. The molecule has 0 spiro atoms. The van der Waals surface area contributed by atoms with Gasteiger partial charge < -0.3 is 5.11 Å². The van der Waals surface area contributed by atoms with E-state index in [0.29, 0.717) is 6.61 Å². The highest BCUT2D eigenvalue weighted by atomic mass is 16.2. The molecule has 0 aromatic rings. The van der Waals surface area contributed by atoms with Gasteiger partial charge in [0.25, 0.3) is 0 Å². The number of allylic oxidation sites excluding steroid dienone is 2. The number of hydrogen-bond acceptors (Lipinski definition) is 1. The number of aliphatic hydroxyl groups excluding tert-OH is 1. The Bertz CT molecular complexity index is 388. The van der Waals surface area contributed by atoms with Crippen LogP contribution in [0, 0.1) is 5.92 Å². The minimum Gasteiger partial charge on any atom is -0.396 e. The highest BCUT2D eigenvalue weighted by molar-refractivity contribution is 4.81. The zero-order valence-electron chi connectivity index (χ0n) is 24.7. The Labute approximate surface area is 223 Å². The van der Waals surface area contributed by atoms with Gasteiger partial charge in [0.15, 0.2) is 0 Å². The molecule has 0 fully saturated rings. The standard InChI is InChI=1S/C34H68O/c1-3-5-7-9-11-13-15-16-17-19-21-23-25-27-31-34(32-28-29-33-35)30-26-24-22-20-18-14-12-10-8-6-4-2/h20,22,34-35H,3-19,21,23-33H2,1-2H3/b22-20-. The van der Waals surface area contributed by atoms with Crippen molar-refractivity contribution < 1.29 is 5.11 Å². The van der Waals surface area contributed by atoms with E-state index < -0.39 is 0 Å². The minimum absolute atomic E-state index is 0.368. The molecule has 0 saturated heterocycles. The van der Waals surface area contributed by atoms with Crippen molar-refractivity contribution in [2.45, 2.75) is 194 Å². The van der Waals surface area contributed by atoms with Gasteiger partial charge >= 0.3 is 0 Å². The summed E-state index contributed by atoms with van der Waals surface area (Å²) in [4.78, 5) is 0. The zero-order chi connectivity index (χ0) is 25.5. The Morgan fingerprint density at radius 2 is 0.743 bits per heavy atom. The summed E-state index contributed by atoms with van der Waals surface area (Å²) in [6, 6.07) is 0. The maximum absolute atomic E-state index is 9.16. The maximum atomic E-state index is 9.16. The van der Waals surface area contributed by atoms with Crippen LogP contribution in [-0.2, 0) is 0 Å². The Morgan fingerprint density at radius 3 is 1.20 bits per heavy atom. The molecular weight excluding hydrogens is 424 g/mol. The van der Waals surface area contributed by atoms with Crippen molar-refractivity contribution in [3.8, 4) is 0 Å². The van der Waals surface area contributed by atoms with Crippen molar-refractivity contribution in [3.63, 3.8) is 0 Å². The lowest BCUT2D eigenvalue weighted by molar-refractivity contribution is 0.273. The van der Waals surface area contributed by atoms with Gasteiger partial charge in [-0.25, -0.2) is 0 Å². The smallest absolute Gasteiger partial charge is 0.0431 e. The molecule has 0 aromatic carbocycles. The van der Waals surface area contributed by atoms with Gasteiger partial charge in [-0.1, -0.05) is 174 Å². The summed E-state index contributed by atoms with van der Waals surface area (Å²) in [6.45, 7) is 4.96. The molecule has 0 amide bonds. The Hall–Kier alpha value is -0.300. The summed E-state index contributed by atoms with van der Waals surface area (Å²) in [6.07, 6.45) is 43.8. The van der Waals surface area contributed by atoms with Crippen molar-refractivity contribution >= 4 is 0 Å². The molecule has 0 heterocycles. The number of rotatable bonds is 30. The lowest BCUT2D eigenvalue weighted by atomic mass is 9.90. The molecule has 35 heavy (non-hydrogen) atoms. The topological polar surface area (TPSA) is 20.2 Å². The van der Waals surface area contributed by atoms with Crippen molar-refractivity contribution in [2.24, 2.45) is 5.92 Å². The van der Waals surface area contributed by atoms with Gasteiger partial charge in [-0.2, -0.15) is 0 Å². The van der Waals surface area contributed by atoms with Crippen LogP contribution in [0.4, 0.5) is 0 Å². The first-order valence-electron chi connectivity index (χ1n) is 16.6. The van der Waals surface area contributed by atoms with Crippen LogP contribution in [0.15, 0.2) is 12.2 Å². The first-order chi connectivity index (χ1) is 17.3. The average molecular weight is 493 g/mol. The molecule has 0 saturated carbocycles. The molecule has 1 N–H and O–H groups in total. The van der Waals surface area contributed by atoms with Crippen molar-refractivity contribution in [1.82, 2.24) is 0 Å². The molecule has 1 unspecified atom stereocenters. The van der Waals surface area contributed by atoms with E-state index in [0.717, 1.165) is 12.3 Å². The highest BCUT2D eigenvalue weighted by Crippen LogP contribution is 2.23. The van der Waals surface area contributed by atoms with Crippen LogP contribution in [0.25, 0.3) is 0 Å². The second-order valence-electron chi connectivity index (χ2n) is 11.4. The molecule has 0 rings (SSSR count). The molecule has 0 aromatic heterocycles. The lowest BCUT2D eigenvalue weighted by Crippen LogP contribution is -2.02. The van der Waals surface area contributed by atoms with Gasteiger partial charge in [-0.05, 0) is 38.0 Å². The molecule has 1 atom stereocenters. The van der Waals surface area contributed by atoms with Crippen LogP contribution < -0.4 is 0 Å². The van der Waals surface area contributed by atoms with E-state index in [-0.39, 0.29) is 0 Å². The van der Waals surface area contributed by atoms with E-state index in [1.54, 1.807) is 0 Å². The van der Waals surface area contributed by atoms with E-state index in [1.165, 1.54) is 173 Å². The van der Waals surface area contributed by atoms with Crippen molar-refractivity contribution in [3.05, 3.63) is 12.2 Å². The third-order valence-electron chi connectivity index (χ3n) is 7.86. The van der Waals surface area contributed by atoms with Crippen molar-refractivity contribution in [1.29, 1.82) is 0 Å². The number of aliphatic hydroxyl groups is 1. The van der Waals surface area contributed by atoms with Crippen LogP contribution in [0.3, 0.4) is 0 Å². The highest BCUT2D eigenvalue weighted by Gasteiger charge is 2.08. The fraction of sp³-hybridized carbons (Fsp3) is 0.941. The SMILES string of the molecule is CCCCCCCC/C=C\CCCC(CCCCO)CCCCCCCCCCCCCCCC. The van der Waals surface area contributed by atoms with Gasteiger partial charge in [-0.15, -0.1) is 0 Å².